The zero-order valence-electron chi connectivity index (χ0n) is 15.3. The number of nitrogens with zero attached hydrogens (tertiary/aromatic N) is 2. The van der Waals surface area contributed by atoms with Crippen LogP contribution in [-0.2, 0) is 6.18 Å². The van der Waals surface area contributed by atoms with E-state index in [0.29, 0.717) is 5.69 Å². The lowest BCUT2D eigenvalue weighted by molar-refractivity contribution is -0.141. The lowest BCUT2D eigenvalue weighted by atomic mass is 10.2. The number of carbonyl (C=O) groups excluding carboxylic acids is 1. The van der Waals surface area contributed by atoms with Gasteiger partial charge in [-0.05, 0) is 42.5 Å². The molecule has 0 aliphatic rings. The number of halogens is 5. The van der Waals surface area contributed by atoms with E-state index in [1.54, 1.807) is 0 Å². The molecule has 0 aliphatic heterocycles. The Morgan fingerprint density at radius 2 is 1.77 bits per heavy atom. The third-order valence-corrected chi connectivity index (χ3v) is 3.91. The summed E-state index contributed by atoms with van der Waals surface area (Å²) in [5.74, 6) is -0.749. The summed E-state index contributed by atoms with van der Waals surface area (Å²) < 4.78 is 73.3. The Bertz CT molecular complexity index is 1030. The zero-order chi connectivity index (χ0) is 21.9. The third kappa shape index (κ3) is 4.85. The summed E-state index contributed by atoms with van der Waals surface area (Å²) >= 11 is 0. The molecular weight excluding hydrogens is 413 g/mol. The van der Waals surface area contributed by atoms with Crippen molar-refractivity contribution in [3.63, 3.8) is 0 Å². The molecule has 0 saturated carbocycles. The normalized spacial score (nSPS) is 11.4. The number of hydrogen-bond donors (Lipinski definition) is 1. The summed E-state index contributed by atoms with van der Waals surface area (Å²) in [4.78, 5) is 12.4. The van der Waals surface area contributed by atoms with Crippen LogP contribution in [0.25, 0.3) is 5.69 Å². The van der Waals surface area contributed by atoms with E-state index in [-0.39, 0.29) is 22.7 Å². The van der Waals surface area contributed by atoms with Crippen molar-refractivity contribution < 1.29 is 36.2 Å². The molecule has 0 bridgehead atoms. The molecule has 1 aromatic heterocycles. The second kappa shape index (κ2) is 8.39. The Hall–Kier alpha value is -3.63. The fourth-order valence-electron chi connectivity index (χ4n) is 2.53. The summed E-state index contributed by atoms with van der Waals surface area (Å²) in [7, 11) is 1.28. The van der Waals surface area contributed by atoms with Crippen molar-refractivity contribution in [3.05, 3.63) is 66.0 Å². The molecule has 0 unspecified atom stereocenters. The zero-order valence-corrected chi connectivity index (χ0v) is 15.3. The molecule has 0 atom stereocenters. The molecule has 6 nitrogen and oxygen atoms in total. The summed E-state index contributed by atoms with van der Waals surface area (Å²) in [5.41, 5.74) is -0.346. The number of aromatic nitrogens is 2. The number of benzene rings is 2. The van der Waals surface area contributed by atoms with Crippen molar-refractivity contribution in [1.29, 1.82) is 0 Å². The Morgan fingerprint density at radius 1 is 1.07 bits per heavy atom. The van der Waals surface area contributed by atoms with Gasteiger partial charge in [0, 0.05) is 23.5 Å². The maximum Gasteiger partial charge on any atom is 0.435 e. The van der Waals surface area contributed by atoms with E-state index in [0.717, 1.165) is 16.9 Å². The van der Waals surface area contributed by atoms with Crippen LogP contribution in [0.3, 0.4) is 0 Å². The number of carbonyl (C=O) groups is 1. The van der Waals surface area contributed by atoms with Crippen molar-refractivity contribution in [2.45, 2.75) is 12.8 Å². The SMILES string of the molecule is COc1ccc(NC(=O)c2ccc(-n3ccc(C(F)(F)F)n3)cc2)cc1OC(F)F. The van der Waals surface area contributed by atoms with Gasteiger partial charge < -0.3 is 14.8 Å². The van der Waals surface area contributed by atoms with E-state index in [9.17, 15) is 26.7 Å². The molecule has 0 saturated heterocycles. The van der Waals surface area contributed by atoms with Gasteiger partial charge in [-0.3, -0.25) is 4.79 Å². The monoisotopic (exact) mass is 427 g/mol. The van der Waals surface area contributed by atoms with Crippen LogP contribution in [0.2, 0.25) is 0 Å². The molecule has 0 aliphatic carbocycles. The van der Waals surface area contributed by atoms with E-state index < -0.39 is 24.4 Å². The molecule has 158 valence electrons. The van der Waals surface area contributed by atoms with Crippen molar-refractivity contribution in [1.82, 2.24) is 9.78 Å². The first-order chi connectivity index (χ1) is 14.2. The van der Waals surface area contributed by atoms with Crippen LogP contribution < -0.4 is 14.8 Å². The quantitative estimate of drug-likeness (QED) is 0.577. The Balaban J connectivity index is 1.74. The highest BCUT2D eigenvalue weighted by Gasteiger charge is 2.33. The maximum absolute atomic E-state index is 12.7. The van der Waals surface area contributed by atoms with Gasteiger partial charge in [-0.15, -0.1) is 0 Å². The van der Waals surface area contributed by atoms with Crippen LogP contribution in [0.15, 0.2) is 54.7 Å². The van der Waals surface area contributed by atoms with Gasteiger partial charge >= 0.3 is 12.8 Å². The van der Waals surface area contributed by atoms with E-state index in [2.05, 4.69) is 15.2 Å². The van der Waals surface area contributed by atoms with Gasteiger partial charge in [0.15, 0.2) is 17.2 Å². The molecule has 0 radical (unpaired) electrons. The number of alkyl halides is 5. The second-order valence-electron chi connectivity index (χ2n) is 5.89. The summed E-state index contributed by atoms with van der Waals surface area (Å²) in [5, 5.41) is 5.96. The van der Waals surface area contributed by atoms with Crippen LogP contribution in [0.5, 0.6) is 11.5 Å². The van der Waals surface area contributed by atoms with Crippen molar-refractivity contribution in [3.8, 4) is 17.2 Å². The summed E-state index contributed by atoms with van der Waals surface area (Å²) in [6.45, 7) is -3.07. The van der Waals surface area contributed by atoms with E-state index in [1.807, 2.05) is 0 Å². The molecule has 1 N–H and O–H groups in total. The number of amides is 1. The minimum absolute atomic E-state index is 0.0649. The number of methoxy groups -OCH3 is 1. The van der Waals surface area contributed by atoms with Gasteiger partial charge in [0.2, 0.25) is 0 Å². The highest BCUT2D eigenvalue weighted by molar-refractivity contribution is 6.04. The molecule has 0 fully saturated rings. The predicted octanol–water partition coefficient (Wildman–Crippen LogP) is 4.75. The van der Waals surface area contributed by atoms with Gasteiger partial charge in [-0.1, -0.05) is 0 Å². The Kier molecular flexibility index (Phi) is 5.90. The van der Waals surface area contributed by atoms with Crippen molar-refractivity contribution in [2.75, 3.05) is 12.4 Å². The van der Waals surface area contributed by atoms with E-state index in [4.69, 9.17) is 4.74 Å². The average Bonchev–Trinajstić information content (AvgIpc) is 3.19. The minimum atomic E-state index is -4.56. The van der Waals surface area contributed by atoms with Crippen LogP contribution in [-0.4, -0.2) is 29.4 Å². The first-order valence-corrected chi connectivity index (χ1v) is 8.35. The first-order valence-electron chi connectivity index (χ1n) is 8.35. The summed E-state index contributed by atoms with van der Waals surface area (Å²) in [6.07, 6.45) is -3.41. The third-order valence-electron chi connectivity index (χ3n) is 3.91. The van der Waals surface area contributed by atoms with Crippen molar-refractivity contribution in [2.24, 2.45) is 0 Å². The standard InChI is InChI=1S/C19H14F5N3O3/c1-29-14-7-4-12(10-15(14)30-18(20)21)25-17(28)11-2-5-13(6-3-11)27-9-8-16(26-27)19(22,23)24/h2-10,18H,1H3,(H,25,28). The van der Waals surface area contributed by atoms with Crippen LogP contribution >= 0.6 is 0 Å². The lowest BCUT2D eigenvalue weighted by Gasteiger charge is -2.12. The number of rotatable bonds is 6. The number of anilines is 1. The minimum Gasteiger partial charge on any atom is -0.493 e. The van der Waals surface area contributed by atoms with Gasteiger partial charge in [0.25, 0.3) is 5.91 Å². The molecule has 1 amide bonds. The Morgan fingerprint density at radius 3 is 2.33 bits per heavy atom. The van der Waals surface area contributed by atoms with Gasteiger partial charge in [0.1, 0.15) is 0 Å². The molecular formula is C19H14F5N3O3. The predicted molar refractivity (Wildman–Crippen MR) is 96.1 cm³/mol. The molecule has 3 aromatic rings. The fraction of sp³-hybridized carbons (Fsp3) is 0.158. The Labute approximate surface area is 166 Å². The van der Waals surface area contributed by atoms with Crippen LogP contribution in [0.4, 0.5) is 27.6 Å². The molecule has 3 rings (SSSR count). The number of hydrogen-bond acceptors (Lipinski definition) is 4. The number of nitrogens with one attached hydrogen (secondary N) is 1. The number of ether oxygens (including phenoxy) is 2. The van der Waals surface area contributed by atoms with Crippen LogP contribution in [0.1, 0.15) is 16.1 Å². The highest BCUT2D eigenvalue weighted by Crippen LogP contribution is 2.32. The topological polar surface area (TPSA) is 65.4 Å². The largest absolute Gasteiger partial charge is 0.493 e. The van der Waals surface area contributed by atoms with E-state index in [1.165, 1.54) is 49.6 Å². The first kappa shape index (κ1) is 21.1. The van der Waals surface area contributed by atoms with Gasteiger partial charge in [-0.25, -0.2) is 4.68 Å². The average molecular weight is 427 g/mol. The van der Waals surface area contributed by atoms with Crippen molar-refractivity contribution >= 4 is 11.6 Å². The summed E-state index contributed by atoms with van der Waals surface area (Å²) in [6, 6.07) is 10.4. The molecule has 0 spiro atoms. The highest BCUT2D eigenvalue weighted by atomic mass is 19.4. The van der Waals surface area contributed by atoms with Crippen LogP contribution in [0, 0.1) is 0 Å². The lowest BCUT2D eigenvalue weighted by Crippen LogP contribution is -2.12. The van der Waals surface area contributed by atoms with E-state index >= 15 is 0 Å². The molecule has 1 heterocycles. The fourth-order valence-corrected chi connectivity index (χ4v) is 2.53. The molecule has 30 heavy (non-hydrogen) atoms. The van der Waals surface area contributed by atoms with Gasteiger partial charge in [-0.2, -0.15) is 27.1 Å². The molecule has 2 aromatic carbocycles. The second-order valence-corrected chi connectivity index (χ2v) is 5.89. The maximum atomic E-state index is 12.7. The smallest absolute Gasteiger partial charge is 0.435 e. The molecule has 11 heteroatoms. The van der Waals surface area contributed by atoms with Gasteiger partial charge in [0.05, 0.1) is 12.8 Å².